The zero-order valence-corrected chi connectivity index (χ0v) is 18.7. The van der Waals surface area contributed by atoms with Crippen LogP contribution in [-0.2, 0) is 27.2 Å². The molecule has 0 aliphatic heterocycles. The molecule has 9 nitrogen and oxygen atoms in total. The van der Waals surface area contributed by atoms with Gasteiger partial charge >= 0.3 is 18.1 Å². The van der Waals surface area contributed by atoms with Gasteiger partial charge in [0.05, 0.1) is 6.04 Å². The summed E-state index contributed by atoms with van der Waals surface area (Å²) in [5.41, 5.74) is 9.74. The summed E-state index contributed by atoms with van der Waals surface area (Å²) in [6.07, 6.45) is -0.989. The van der Waals surface area contributed by atoms with E-state index in [9.17, 15) is 27.9 Å². The normalized spacial score (nSPS) is 13.0. The number of carbonyl (C=O) groups is 3. The SMILES string of the molecule is N[C@@H](Cc1c[nH]c2ccccc12)C(=O)N[C@@H](Cc1c[nH]c2ccccc12)C(=O)O.O=C(O)C(F)(F)F. The van der Waals surface area contributed by atoms with Gasteiger partial charge in [-0.15, -0.1) is 0 Å². The summed E-state index contributed by atoms with van der Waals surface area (Å²) in [6, 6.07) is 13.5. The largest absolute Gasteiger partial charge is 0.490 e. The van der Waals surface area contributed by atoms with Crippen molar-refractivity contribution in [3.05, 3.63) is 72.1 Å². The molecule has 0 radical (unpaired) electrons. The summed E-state index contributed by atoms with van der Waals surface area (Å²) in [5, 5.41) is 21.3. The second kappa shape index (κ2) is 11.0. The highest BCUT2D eigenvalue weighted by molar-refractivity contribution is 5.90. The number of hydrogen-bond donors (Lipinski definition) is 6. The van der Waals surface area contributed by atoms with Crippen LogP contribution in [0.2, 0.25) is 0 Å². The van der Waals surface area contributed by atoms with E-state index in [0.717, 1.165) is 32.9 Å². The van der Waals surface area contributed by atoms with E-state index in [4.69, 9.17) is 15.6 Å². The molecule has 2 atom stereocenters. The number of para-hydroxylation sites is 2. The average molecular weight is 504 g/mol. The lowest BCUT2D eigenvalue weighted by Gasteiger charge is -2.17. The van der Waals surface area contributed by atoms with E-state index in [1.54, 1.807) is 6.20 Å². The molecule has 190 valence electrons. The number of nitrogens with two attached hydrogens (primary N) is 1. The van der Waals surface area contributed by atoms with Crippen LogP contribution in [0.25, 0.3) is 21.8 Å². The lowest BCUT2D eigenvalue weighted by Crippen LogP contribution is -2.50. The number of aromatic amines is 2. The smallest absolute Gasteiger partial charge is 0.480 e. The number of halogens is 3. The minimum absolute atomic E-state index is 0.172. The Balaban J connectivity index is 0.000000454. The van der Waals surface area contributed by atoms with Crippen LogP contribution in [0.4, 0.5) is 13.2 Å². The van der Waals surface area contributed by atoms with Crippen LogP contribution in [0.15, 0.2) is 60.9 Å². The zero-order valence-electron chi connectivity index (χ0n) is 18.7. The monoisotopic (exact) mass is 504 g/mol. The van der Waals surface area contributed by atoms with Crippen LogP contribution in [0.5, 0.6) is 0 Å². The first-order valence-electron chi connectivity index (χ1n) is 10.7. The Morgan fingerprint density at radius 1 is 0.861 bits per heavy atom. The Morgan fingerprint density at radius 2 is 1.31 bits per heavy atom. The molecule has 0 aliphatic rings. The summed E-state index contributed by atoms with van der Waals surface area (Å²) in [6.45, 7) is 0. The van der Waals surface area contributed by atoms with Gasteiger partial charge in [0.15, 0.2) is 0 Å². The maximum absolute atomic E-state index is 12.6. The lowest BCUT2D eigenvalue weighted by molar-refractivity contribution is -0.192. The Labute approximate surface area is 202 Å². The number of aromatic nitrogens is 2. The van der Waals surface area contributed by atoms with E-state index in [-0.39, 0.29) is 6.42 Å². The van der Waals surface area contributed by atoms with Crippen molar-refractivity contribution in [1.29, 1.82) is 0 Å². The number of nitrogens with one attached hydrogen (secondary N) is 3. The molecular formula is C24H23F3N4O5. The predicted octanol–water partition coefficient (Wildman–Crippen LogP) is 2.96. The first-order valence-corrected chi connectivity index (χ1v) is 10.7. The van der Waals surface area contributed by atoms with Crippen molar-refractivity contribution in [2.45, 2.75) is 31.1 Å². The van der Waals surface area contributed by atoms with Gasteiger partial charge in [-0.3, -0.25) is 4.79 Å². The first-order chi connectivity index (χ1) is 17.0. The number of benzene rings is 2. The van der Waals surface area contributed by atoms with E-state index in [0.29, 0.717) is 6.42 Å². The van der Waals surface area contributed by atoms with Gasteiger partial charge in [0.1, 0.15) is 6.04 Å². The molecule has 0 saturated carbocycles. The minimum atomic E-state index is -5.08. The highest BCUT2D eigenvalue weighted by Gasteiger charge is 2.38. The molecule has 36 heavy (non-hydrogen) atoms. The second-order valence-corrected chi connectivity index (χ2v) is 7.94. The molecule has 7 N–H and O–H groups in total. The first kappa shape index (κ1) is 26.3. The number of carboxylic acids is 2. The fourth-order valence-electron chi connectivity index (χ4n) is 3.63. The molecule has 4 rings (SSSR count). The third kappa shape index (κ3) is 6.42. The summed E-state index contributed by atoms with van der Waals surface area (Å²) in [7, 11) is 0. The van der Waals surface area contributed by atoms with Gasteiger partial charge in [0, 0.05) is 40.6 Å². The fourth-order valence-corrected chi connectivity index (χ4v) is 3.63. The Hall–Kier alpha value is -4.32. The van der Waals surface area contributed by atoms with Gasteiger partial charge in [-0.1, -0.05) is 36.4 Å². The van der Waals surface area contributed by atoms with Gasteiger partial charge in [0.2, 0.25) is 5.91 Å². The van der Waals surface area contributed by atoms with E-state index < -0.39 is 36.1 Å². The number of aliphatic carboxylic acids is 2. The highest BCUT2D eigenvalue weighted by atomic mass is 19.4. The maximum Gasteiger partial charge on any atom is 0.490 e. The molecule has 0 spiro atoms. The van der Waals surface area contributed by atoms with Gasteiger partial charge in [-0.25, -0.2) is 9.59 Å². The summed E-state index contributed by atoms with van der Waals surface area (Å²) in [5.74, 6) is -4.34. The van der Waals surface area contributed by atoms with Crippen LogP contribution >= 0.6 is 0 Å². The number of amides is 1. The summed E-state index contributed by atoms with van der Waals surface area (Å²) < 4.78 is 31.7. The van der Waals surface area contributed by atoms with Crippen molar-refractivity contribution >= 4 is 39.7 Å². The number of rotatable bonds is 7. The topological polar surface area (TPSA) is 161 Å². The molecule has 2 aromatic carbocycles. The van der Waals surface area contributed by atoms with Crippen molar-refractivity contribution < 1.29 is 37.8 Å². The Bertz CT molecular complexity index is 1380. The molecule has 0 saturated heterocycles. The number of carbonyl (C=O) groups excluding carboxylic acids is 1. The molecule has 12 heteroatoms. The van der Waals surface area contributed by atoms with Crippen molar-refractivity contribution in [2.75, 3.05) is 0 Å². The number of H-pyrrole nitrogens is 2. The maximum atomic E-state index is 12.6. The summed E-state index contributed by atoms with van der Waals surface area (Å²) in [4.78, 5) is 39.5. The van der Waals surface area contributed by atoms with E-state index in [2.05, 4.69) is 15.3 Å². The van der Waals surface area contributed by atoms with E-state index >= 15 is 0 Å². The van der Waals surface area contributed by atoms with Gasteiger partial charge in [0.25, 0.3) is 0 Å². The molecule has 0 bridgehead atoms. The standard InChI is InChI=1S/C22H22N4O3.C2HF3O2/c23-17(9-13-11-24-18-7-3-1-5-15(13)18)21(27)26-20(22(28)29)10-14-12-25-19-8-4-2-6-16(14)19;3-2(4,5)1(6)7/h1-8,11-12,17,20,24-25H,9-10,23H2,(H,26,27)(H,28,29);(H,6,7)/t17-,20-;/m0./s1. The van der Waals surface area contributed by atoms with Crippen LogP contribution < -0.4 is 11.1 Å². The minimum Gasteiger partial charge on any atom is -0.480 e. The van der Waals surface area contributed by atoms with Crippen molar-refractivity contribution in [2.24, 2.45) is 5.73 Å². The zero-order chi connectivity index (χ0) is 26.5. The molecule has 0 unspecified atom stereocenters. The Morgan fingerprint density at radius 3 is 1.75 bits per heavy atom. The molecular weight excluding hydrogens is 481 g/mol. The van der Waals surface area contributed by atoms with Gasteiger partial charge in [-0.2, -0.15) is 13.2 Å². The average Bonchev–Trinajstić information content (AvgIpc) is 3.42. The van der Waals surface area contributed by atoms with Crippen LogP contribution in [-0.4, -0.2) is 56.3 Å². The molecule has 4 aromatic rings. The Kier molecular flexibility index (Phi) is 8.00. The quantitative estimate of drug-likeness (QED) is 0.227. The second-order valence-electron chi connectivity index (χ2n) is 7.94. The molecule has 2 aromatic heterocycles. The fraction of sp³-hybridized carbons (Fsp3) is 0.208. The number of carboxylic acid groups (broad SMARTS) is 2. The van der Waals surface area contributed by atoms with Gasteiger partial charge in [-0.05, 0) is 29.7 Å². The molecule has 1 amide bonds. The van der Waals surface area contributed by atoms with E-state index in [1.165, 1.54) is 0 Å². The van der Waals surface area contributed by atoms with Crippen LogP contribution in [0, 0.1) is 0 Å². The van der Waals surface area contributed by atoms with Gasteiger partial charge < -0.3 is 31.2 Å². The summed E-state index contributed by atoms with van der Waals surface area (Å²) >= 11 is 0. The lowest BCUT2D eigenvalue weighted by atomic mass is 10.0. The van der Waals surface area contributed by atoms with Crippen molar-refractivity contribution in [3.63, 3.8) is 0 Å². The van der Waals surface area contributed by atoms with E-state index in [1.807, 2.05) is 54.7 Å². The molecule has 0 fully saturated rings. The highest BCUT2D eigenvalue weighted by Crippen LogP contribution is 2.20. The third-order valence-electron chi connectivity index (χ3n) is 5.41. The molecule has 2 heterocycles. The number of fused-ring (bicyclic) bond motifs is 2. The number of hydrogen-bond acceptors (Lipinski definition) is 4. The molecule has 0 aliphatic carbocycles. The number of alkyl halides is 3. The third-order valence-corrected chi connectivity index (χ3v) is 5.41. The van der Waals surface area contributed by atoms with Crippen molar-refractivity contribution in [1.82, 2.24) is 15.3 Å². The van der Waals surface area contributed by atoms with Crippen LogP contribution in [0.1, 0.15) is 11.1 Å². The van der Waals surface area contributed by atoms with Crippen molar-refractivity contribution in [3.8, 4) is 0 Å². The predicted molar refractivity (Wildman–Crippen MR) is 125 cm³/mol. The van der Waals surface area contributed by atoms with Crippen LogP contribution in [0.3, 0.4) is 0 Å².